The molecule has 0 spiro atoms. The van der Waals surface area contributed by atoms with Crippen molar-refractivity contribution in [1.82, 2.24) is 10.3 Å². The normalized spacial score (nSPS) is 12.5. The number of hydrogen-bond donors (Lipinski definition) is 2. The molecule has 24 heavy (non-hydrogen) atoms. The number of carbonyl (C=O) groups excluding carboxylic acids is 1. The first-order valence-corrected chi connectivity index (χ1v) is 7.51. The van der Waals surface area contributed by atoms with E-state index in [-0.39, 0.29) is 23.3 Å². The Morgan fingerprint density at radius 1 is 1.21 bits per heavy atom. The number of amides is 1. The summed E-state index contributed by atoms with van der Waals surface area (Å²) in [5, 5.41) is 5.46. The van der Waals surface area contributed by atoms with E-state index in [9.17, 15) is 18.0 Å². The van der Waals surface area contributed by atoms with E-state index in [0.29, 0.717) is 5.69 Å². The Morgan fingerprint density at radius 2 is 1.92 bits per heavy atom. The number of carbonyl (C=O) groups is 1. The first kappa shape index (κ1) is 17.8. The lowest BCUT2D eigenvalue weighted by Gasteiger charge is -2.14. The van der Waals surface area contributed by atoms with Gasteiger partial charge in [-0.1, -0.05) is 19.1 Å². The summed E-state index contributed by atoms with van der Waals surface area (Å²) in [5.41, 5.74) is -0.246. The molecule has 0 aliphatic carbocycles. The number of nitrogens with zero attached hydrogens (tertiary/aromatic N) is 1. The summed E-state index contributed by atoms with van der Waals surface area (Å²) in [6, 6.07) is 8.20. The van der Waals surface area contributed by atoms with Crippen molar-refractivity contribution in [2.45, 2.75) is 32.5 Å². The molecule has 1 atom stereocenters. The number of nitrogens with one attached hydrogen (secondary N) is 2. The minimum atomic E-state index is -4.45. The molecule has 1 aromatic heterocycles. The molecule has 0 aliphatic rings. The van der Waals surface area contributed by atoms with Gasteiger partial charge in [0.1, 0.15) is 5.69 Å². The fourth-order valence-corrected chi connectivity index (χ4v) is 2.00. The van der Waals surface area contributed by atoms with Crippen molar-refractivity contribution in [3.63, 3.8) is 0 Å². The fraction of sp³-hybridized carbons (Fsp3) is 0.294. The van der Waals surface area contributed by atoms with E-state index in [1.54, 1.807) is 0 Å². The standard InChI is InChI=1S/C17H18F3N3O/c1-3-11(2)22-16(24)15-9-8-12(10-21-15)23-14-7-5-4-6-13(14)17(18,19)20/h4-11,23H,3H2,1-2H3,(H,22,24). The average Bonchev–Trinajstić information content (AvgIpc) is 2.55. The molecule has 1 aromatic carbocycles. The van der Waals surface area contributed by atoms with E-state index >= 15 is 0 Å². The molecule has 0 radical (unpaired) electrons. The van der Waals surface area contributed by atoms with Crippen LogP contribution in [0.3, 0.4) is 0 Å². The second kappa shape index (κ2) is 7.33. The smallest absolute Gasteiger partial charge is 0.354 e. The second-order valence-corrected chi connectivity index (χ2v) is 5.38. The van der Waals surface area contributed by atoms with Gasteiger partial charge in [0, 0.05) is 6.04 Å². The highest BCUT2D eigenvalue weighted by Crippen LogP contribution is 2.35. The largest absolute Gasteiger partial charge is 0.418 e. The third-order valence-electron chi connectivity index (χ3n) is 3.50. The summed E-state index contributed by atoms with van der Waals surface area (Å²) in [7, 11) is 0. The van der Waals surface area contributed by atoms with Crippen LogP contribution in [0.5, 0.6) is 0 Å². The summed E-state index contributed by atoms with van der Waals surface area (Å²) in [6.45, 7) is 3.82. The third-order valence-corrected chi connectivity index (χ3v) is 3.50. The van der Waals surface area contributed by atoms with E-state index in [1.165, 1.54) is 36.5 Å². The number of hydrogen-bond acceptors (Lipinski definition) is 3. The van der Waals surface area contributed by atoms with E-state index in [4.69, 9.17) is 0 Å². The molecule has 0 bridgehead atoms. The van der Waals surface area contributed by atoms with Crippen molar-refractivity contribution in [3.8, 4) is 0 Å². The lowest BCUT2D eigenvalue weighted by molar-refractivity contribution is -0.136. The minimum absolute atomic E-state index is 0.0239. The Hall–Kier alpha value is -2.57. The van der Waals surface area contributed by atoms with Gasteiger partial charge >= 0.3 is 6.18 Å². The van der Waals surface area contributed by atoms with Crippen molar-refractivity contribution in [2.24, 2.45) is 0 Å². The van der Waals surface area contributed by atoms with Crippen LogP contribution in [-0.4, -0.2) is 16.9 Å². The highest BCUT2D eigenvalue weighted by atomic mass is 19.4. The molecule has 1 amide bonds. The van der Waals surface area contributed by atoms with Crippen LogP contribution in [0.25, 0.3) is 0 Å². The van der Waals surface area contributed by atoms with Gasteiger partial charge in [0.15, 0.2) is 0 Å². The highest BCUT2D eigenvalue weighted by molar-refractivity contribution is 5.92. The van der Waals surface area contributed by atoms with Crippen LogP contribution < -0.4 is 10.6 Å². The van der Waals surface area contributed by atoms with Crippen LogP contribution in [0.4, 0.5) is 24.5 Å². The molecule has 0 saturated heterocycles. The minimum Gasteiger partial charge on any atom is -0.354 e. The maximum absolute atomic E-state index is 13.0. The third kappa shape index (κ3) is 4.47. The Kier molecular flexibility index (Phi) is 5.43. The molecule has 0 fully saturated rings. The number of aromatic nitrogens is 1. The van der Waals surface area contributed by atoms with Crippen molar-refractivity contribution in [1.29, 1.82) is 0 Å². The molecule has 2 aromatic rings. The van der Waals surface area contributed by atoms with Gasteiger partial charge in [-0.05, 0) is 37.6 Å². The lowest BCUT2D eigenvalue weighted by Crippen LogP contribution is -2.32. The summed E-state index contributed by atoms with van der Waals surface area (Å²) in [5.74, 6) is -0.313. The first-order chi connectivity index (χ1) is 11.3. The number of alkyl halides is 3. The van der Waals surface area contributed by atoms with Crippen molar-refractivity contribution < 1.29 is 18.0 Å². The molecule has 1 heterocycles. The van der Waals surface area contributed by atoms with Crippen LogP contribution in [0.1, 0.15) is 36.3 Å². The maximum atomic E-state index is 13.0. The van der Waals surface area contributed by atoms with Gasteiger partial charge in [0.25, 0.3) is 5.91 Å². The number of halogens is 3. The van der Waals surface area contributed by atoms with Gasteiger partial charge in [0.2, 0.25) is 0 Å². The second-order valence-electron chi connectivity index (χ2n) is 5.38. The molecule has 1 unspecified atom stereocenters. The molecular formula is C17H18F3N3O. The lowest BCUT2D eigenvalue weighted by atomic mass is 10.1. The summed E-state index contributed by atoms with van der Waals surface area (Å²) in [6.07, 6.45) is -2.33. The highest BCUT2D eigenvalue weighted by Gasteiger charge is 2.33. The molecule has 0 saturated carbocycles. The van der Waals surface area contributed by atoms with Crippen molar-refractivity contribution in [3.05, 3.63) is 53.9 Å². The molecule has 2 rings (SSSR count). The summed E-state index contributed by atoms with van der Waals surface area (Å²) in [4.78, 5) is 15.9. The molecule has 128 valence electrons. The van der Waals surface area contributed by atoms with E-state index in [0.717, 1.165) is 12.5 Å². The predicted octanol–water partition coefficient (Wildman–Crippen LogP) is 4.37. The zero-order chi connectivity index (χ0) is 17.7. The molecule has 4 nitrogen and oxygen atoms in total. The summed E-state index contributed by atoms with van der Waals surface area (Å²) < 4.78 is 38.9. The average molecular weight is 337 g/mol. The molecule has 0 aliphatic heterocycles. The zero-order valence-corrected chi connectivity index (χ0v) is 13.3. The van der Waals surface area contributed by atoms with Gasteiger partial charge in [-0.2, -0.15) is 13.2 Å². The molecule has 2 N–H and O–H groups in total. The predicted molar refractivity (Wildman–Crippen MR) is 86.2 cm³/mol. The van der Waals surface area contributed by atoms with Crippen LogP contribution in [-0.2, 0) is 6.18 Å². The Morgan fingerprint density at radius 3 is 2.50 bits per heavy atom. The Balaban J connectivity index is 2.14. The van der Waals surface area contributed by atoms with Crippen molar-refractivity contribution >= 4 is 17.3 Å². The van der Waals surface area contributed by atoms with Gasteiger partial charge in [-0.3, -0.25) is 4.79 Å². The number of rotatable bonds is 5. The maximum Gasteiger partial charge on any atom is 0.418 e. The summed E-state index contributed by atoms with van der Waals surface area (Å²) >= 11 is 0. The Labute approximate surface area is 138 Å². The van der Waals surface area contributed by atoms with E-state index < -0.39 is 11.7 Å². The molecule has 7 heteroatoms. The van der Waals surface area contributed by atoms with Crippen LogP contribution in [0.2, 0.25) is 0 Å². The number of para-hydroxylation sites is 1. The molecular weight excluding hydrogens is 319 g/mol. The first-order valence-electron chi connectivity index (χ1n) is 7.51. The monoisotopic (exact) mass is 337 g/mol. The fourth-order valence-electron chi connectivity index (χ4n) is 2.00. The van der Waals surface area contributed by atoms with Crippen LogP contribution in [0.15, 0.2) is 42.6 Å². The van der Waals surface area contributed by atoms with Gasteiger partial charge in [-0.15, -0.1) is 0 Å². The van der Waals surface area contributed by atoms with Crippen molar-refractivity contribution in [2.75, 3.05) is 5.32 Å². The number of pyridine rings is 1. The van der Waals surface area contributed by atoms with Gasteiger partial charge < -0.3 is 10.6 Å². The zero-order valence-electron chi connectivity index (χ0n) is 13.3. The SMILES string of the molecule is CCC(C)NC(=O)c1ccc(Nc2ccccc2C(F)(F)F)cn1. The number of benzene rings is 1. The van der Waals surface area contributed by atoms with Crippen LogP contribution in [0, 0.1) is 0 Å². The van der Waals surface area contributed by atoms with Gasteiger partial charge in [-0.25, -0.2) is 4.98 Å². The van der Waals surface area contributed by atoms with Crippen LogP contribution >= 0.6 is 0 Å². The van der Waals surface area contributed by atoms with Gasteiger partial charge in [0.05, 0.1) is 23.1 Å². The van der Waals surface area contributed by atoms with E-state index in [1.807, 2.05) is 13.8 Å². The Bertz CT molecular complexity index is 699. The van der Waals surface area contributed by atoms with E-state index in [2.05, 4.69) is 15.6 Å². The topological polar surface area (TPSA) is 54.0 Å². The number of anilines is 2. The quantitative estimate of drug-likeness (QED) is 0.852.